The summed E-state index contributed by atoms with van der Waals surface area (Å²) in [5.74, 6) is 0.0582. The van der Waals surface area contributed by atoms with Gasteiger partial charge in [0.15, 0.2) is 5.78 Å². The highest BCUT2D eigenvalue weighted by atomic mass is 16.2. The van der Waals surface area contributed by atoms with Gasteiger partial charge in [-0.2, -0.15) is 0 Å². The number of hydrogen-bond donors (Lipinski definition) is 1. The standard InChI is InChI=1S/C13H13NO2/c15-11-7-3-4-8-13(11)10-6-2-1-5-9(10)12(16)14-13/h1-2,5-6H,3-4,7-8H2,(H,14,16). The third kappa shape index (κ3) is 1.08. The molecular weight excluding hydrogens is 202 g/mol. The Morgan fingerprint density at radius 3 is 2.75 bits per heavy atom. The van der Waals surface area contributed by atoms with Crippen LogP contribution in [0.2, 0.25) is 0 Å². The molecule has 16 heavy (non-hydrogen) atoms. The minimum atomic E-state index is -0.702. The fourth-order valence-electron chi connectivity index (χ4n) is 2.83. The maximum atomic E-state index is 12.1. The van der Waals surface area contributed by atoms with E-state index in [2.05, 4.69) is 5.32 Å². The highest BCUT2D eigenvalue weighted by molar-refractivity contribution is 6.07. The van der Waals surface area contributed by atoms with Crippen molar-refractivity contribution in [1.82, 2.24) is 5.32 Å². The second kappa shape index (κ2) is 3.17. The van der Waals surface area contributed by atoms with Crippen molar-refractivity contribution < 1.29 is 9.59 Å². The van der Waals surface area contributed by atoms with E-state index in [1.54, 1.807) is 6.07 Å². The third-order valence-electron chi connectivity index (χ3n) is 3.64. The summed E-state index contributed by atoms with van der Waals surface area (Å²) in [4.78, 5) is 23.9. The molecule has 1 fully saturated rings. The predicted molar refractivity (Wildman–Crippen MR) is 59.1 cm³/mol. The van der Waals surface area contributed by atoms with Crippen LogP contribution in [0.25, 0.3) is 0 Å². The van der Waals surface area contributed by atoms with Crippen molar-refractivity contribution in [3.63, 3.8) is 0 Å². The summed E-state index contributed by atoms with van der Waals surface area (Å²) in [5, 5.41) is 2.90. The summed E-state index contributed by atoms with van der Waals surface area (Å²) in [6.07, 6.45) is 3.27. The maximum absolute atomic E-state index is 12.1. The molecule has 1 spiro atoms. The smallest absolute Gasteiger partial charge is 0.252 e. The summed E-state index contributed by atoms with van der Waals surface area (Å²) in [6, 6.07) is 7.42. The van der Waals surface area contributed by atoms with Crippen molar-refractivity contribution in [2.45, 2.75) is 31.2 Å². The zero-order valence-corrected chi connectivity index (χ0v) is 8.95. The number of hydrogen-bond acceptors (Lipinski definition) is 2. The Hall–Kier alpha value is -1.64. The van der Waals surface area contributed by atoms with Gasteiger partial charge in [0.2, 0.25) is 0 Å². The van der Waals surface area contributed by atoms with E-state index >= 15 is 0 Å². The SMILES string of the molecule is O=C1NC2(CCCCC2=O)c2ccccc21. The first-order valence-electron chi connectivity index (χ1n) is 5.69. The Bertz CT molecular complexity index is 481. The fourth-order valence-corrected chi connectivity index (χ4v) is 2.83. The van der Waals surface area contributed by atoms with E-state index in [1.807, 2.05) is 18.2 Å². The number of carbonyl (C=O) groups is 2. The van der Waals surface area contributed by atoms with Crippen LogP contribution in [0.4, 0.5) is 0 Å². The monoisotopic (exact) mass is 215 g/mol. The van der Waals surface area contributed by atoms with Crippen LogP contribution < -0.4 is 5.32 Å². The number of amides is 1. The van der Waals surface area contributed by atoms with E-state index in [-0.39, 0.29) is 11.7 Å². The summed E-state index contributed by atoms with van der Waals surface area (Å²) in [7, 11) is 0. The molecule has 82 valence electrons. The summed E-state index contributed by atoms with van der Waals surface area (Å²) < 4.78 is 0. The lowest BCUT2D eigenvalue weighted by molar-refractivity contribution is -0.127. The van der Waals surface area contributed by atoms with Crippen LogP contribution >= 0.6 is 0 Å². The molecule has 0 bridgehead atoms. The Kier molecular flexibility index (Phi) is 1.90. The molecule has 0 radical (unpaired) electrons. The second-order valence-corrected chi connectivity index (χ2v) is 4.54. The zero-order valence-electron chi connectivity index (χ0n) is 8.95. The van der Waals surface area contributed by atoms with Gasteiger partial charge in [-0.15, -0.1) is 0 Å². The largest absolute Gasteiger partial charge is 0.335 e. The van der Waals surface area contributed by atoms with E-state index in [4.69, 9.17) is 0 Å². The van der Waals surface area contributed by atoms with Crippen LogP contribution in [0.1, 0.15) is 41.6 Å². The molecular formula is C13H13NO2. The highest BCUT2D eigenvalue weighted by Crippen LogP contribution is 2.40. The lowest BCUT2D eigenvalue weighted by Gasteiger charge is -2.32. The fraction of sp³-hybridized carbons (Fsp3) is 0.385. The number of nitrogens with one attached hydrogen (secondary N) is 1. The minimum Gasteiger partial charge on any atom is -0.335 e. The van der Waals surface area contributed by atoms with Crippen molar-refractivity contribution in [2.75, 3.05) is 0 Å². The van der Waals surface area contributed by atoms with Gasteiger partial charge in [0.05, 0.1) is 0 Å². The molecule has 1 aliphatic heterocycles. The minimum absolute atomic E-state index is 0.106. The Labute approximate surface area is 93.8 Å². The molecule has 3 heteroatoms. The number of fused-ring (bicyclic) bond motifs is 2. The van der Waals surface area contributed by atoms with Gasteiger partial charge in [-0.05, 0) is 30.9 Å². The van der Waals surface area contributed by atoms with Crippen molar-refractivity contribution >= 4 is 11.7 Å². The van der Waals surface area contributed by atoms with E-state index in [9.17, 15) is 9.59 Å². The van der Waals surface area contributed by atoms with Gasteiger partial charge < -0.3 is 5.32 Å². The molecule has 0 aromatic heterocycles. The number of Topliss-reactive ketones (excluding diaryl/α,β-unsaturated/α-hetero) is 1. The first-order valence-corrected chi connectivity index (χ1v) is 5.69. The first kappa shape index (κ1) is 9.58. The molecule has 1 N–H and O–H groups in total. The van der Waals surface area contributed by atoms with Gasteiger partial charge >= 0.3 is 0 Å². The second-order valence-electron chi connectivity index (χ2n) is 4.54. The van der Waals surface area contributed by atoms with Gasteiger partial charge in [0.1, 0.15) is 5.54 Å². The van der Waals surface area contributed by atoms with Gasteiger partial charge in [-0.1, -0.05) is 18.2 Å². The van der Waals surface area contributed by atoms with Crippen molar-refractivity contribution in [1.29, 1.82) is 0 Å². The Balaban J connectivity index is 2.17. The molecule has 2 aliphatic rings. The van der Waals surface area contributed by atoms with Crippen LogP contribution in [-0.4, -0.2) is 11.7 Å². The normalized spacial score (nSPS) is 28.0. The molecule has 3 nitrogen and oxygen atoms in total. The topological polar surface area (TPSA) is 46.2 Å². The molecule has 1 saturated carbocycles. The molecule has 1 amide bonds. The summed E-state index contributed by atoms with van der Waals surface area (Å²) in [5.41, 5.74) is 0.841. The van der Waals surface area contributed by atoms with Gasteiger partial charge in [-0.25, -0.2) is 0 Å². The molecule has 3 rings (SSSR count). The number of rotatable bonds is 0. The van der Waals surface area contributed by atoms with E-state index in [0.717, 1.165) is 24.8 Å². The van der Waals surface area contributed by atoms with E-state index in [1.165, 1.54) is 0 Å². The molecule has 1 unspecified atom stereocenters. The molecule has 1 heterocycles. The Morgan fingerprint density at radius 2 is 1.94 bits per heavy atom. The van der Waals surface area contributed by atoms with Crippen molar-refractivity contribution in [2.24, 2.45) is 0 Å². The molecule has 1 aromatic rings. The van der Waals surface area contributed by atoms with Crippen molar-refractivity contribution in [3.05, 3.63) is 35.4 Å². The number of carbonyl (C=O) groups excluding carboxylic acids is 2. The Morgan fingerprint density at radius 1 is 1.12 bits per heavy atom. The molecule has 1 aliphatic carbocycles. The van der Waals surface area contributed by atoms with Gasteiger partial charge in [0, 0.05) is 12.0 Å². The van der Waals surface area contributed by atoms with Crippen LogP contribution in [0, 0.1) is 0 Å². The number of benzene rings is 1. The maximum Gasteiger partial charge on any atom is 0.252 e. The lowest BCUT2D eigenvalue weighted by Crippen LogP contribution is -2.48. The third-order valence-corrected chi connectivity index (χ3v) is 3.64. The summed E-state index contributed by atoms with van der Waals surface area (Å²) >= 11 is 0. The van der Waals surface area contributed by atoms with Gasteiger partial charge in [-0.3, -0.25) is 9.59 Å². The first-order chi connectivity index (χ1) is 7.74. The van der Waals surface area contributed by atoms with E-state index < -0.39 is 5.54 Å². The average molecular weight is 215 g/mol. The van der Waals surface area contributed by atoms with Crippen LogP contribution in [0.3, 0.4) is 0 Å². The van der Waals surface area contributed by atoms with Crippen molar-refractivity contribution in [3.8, 4) is 0 Å². The quantitative estimate of drug-likeness (QED) is 0.717. The molecule has 0 saturated heterocycles. The van der Waals surface area contributed by atoms with Gasteiger partial charge in [0.25, 0.3) is 5.91 Å². The predicted octanol–water partition coefficient (Wildman–Crippen LogP) is 1.77. The lowest BCUT2D eigenvalue weighted by atomic mass is 9.76. The average Bonchev–Trinajstić information content (AvgIpc) is 2.59. The highest BCUT2D eigenvalue weighted by Gasteiger charge is 2.48. The van der Waals surface area contributed by atoms with Crippen LogP contribution in [-0.2, 0) is 10.3 Å². The van der Waals surface area contributed by atoms with E-state index in [0.29, 0.717) is 12.0 Å². The van der Waals surface area contributed by atoms with Crippen LogP contribution in [0.15, 0.2) is 24.3 Å². The molecule has 1 atom stereocenters. The van der Waals surface area contributed by atoms with Crippen LogP contribution in [0.5, 0.6) is 0 Å². The molecule has 1 aromatic carbocycles. The zero-order chi connectivity index (χ0) is 11.2. The summed E-state index contributed by atoms with van der Waals surface area (Å²) in [6.45, 7) is 0. The number of ketones is 1.